The molecule has 0 N–H and O–H groups in total. The maximum atomic E-state index is 12.2. The summed E-state index contributed by atoms with van der Waals surface area (Å²) in [6.07, 6.45) is 2.90. The smallest absolute Gasteiger partial charge is 0.274 e. The van der Waals surface area contributed by atoms with Gasteiger partial charge in [0.1, 0.15) is 5.69 Å². The molecular weight excluding hydrogens is 214 g/mol. The van der Waals surface area contributed by atoms with Crippen LogP contribution in [0.4, 0.5) is 0 Å². The second-order valence-corrected chi connectivity index (χ2v) is 5.66. The molecule has 4 nitrogen and oxygen atoms in total. The molecule has 1 atom stereocenters. The number of nitrogens with zero attached hydrogens (tertiary/aromatic N) is 3. The van der Waals surface area contributed by atoms with Gasteiger partial charge in [0.15, 0.2) is 0 Å². The predicted octanol–water partition coefficient (Wildman–Crippen LogP) is 1.93. The molecule has 1 amide bonds. The molecule has 1 aliphatic heterocycles. The molecule has 0 saturated carbocycles. The molecular formula is C13H21N3O. The number of rotatable bonds is 2. The van der Waals surface area contributed by atoms with Gasteiger partial charge in [-0.05, 0) is 23.8 Å². The molecule has 2 heterocycles. The van der Waals surface area contributed by atoms with Gasteiger partial charge in [0.2, 0.25) is 0 Å². The summed E-state index contributed by atoms with van der Waals surface area (Å²) < 4.78 is 1.67. The van der Waals surface area contributed by atoms with Gasteiger partial charge >= 0.3 is 0 Å². The van der Waals surface area contributed by atoms with Crippen molar-refractivity contribution >= 4 is 5.91 Å². The van der Waals surface area contributed by atoms with Gasteiger partial charge in [0.25, 0.3) is 5.91 Å². The van der Waals surface area contributed by atoms with Gasteiger partial charge in [-0.3, -0.25) is 9.48 Å². The maximum Gasteiger partial charge on any atom is 0.274 e. The monoisotopic (exact) mass is 235 g/mol. The van der Waals surface area contributed by atoms with Crippen molar-refractivity contribution in [3.05, 3.63) is 18.0 Å². The Morgan fingerprint density at radius 2 is 2.24 bits per heavy atom. The van der Waals surface area contributed by atoms with Crippen molar-refractivity contribution < 1.29 is 4.79 Å². The number of carbonyl (C=O) groups is 1. The third kappa shape index (κ3) is 2.21. The first-order valence-electron chi connectivity index (χ1n) is 6.21. The van der Waals surface area contributed by atoms with Crippen molar-refractivity contribution in [1.82, 2.24) is 14.7 Å². The second kappa shape index (κ2) is 4.17. The minimum atomic E-state index is 0.0648. The van der Waals surface area contributed by atoms with E-state index in [9.17, 15) is 4.79 Å². The van der Waals surface area contributed by atoms with Crippen LogP contribution >= 0.6 is 0 Å². The molecule has 17 heavy (non-hydrogen) atoms. The molecule has 0 unspecified atom stereocenters. The van der Waals surface area contributed by atoms with Gasteiger partial charge in [0.05, 0.1) is 0 Å². The first-order chi connectivity index (χ1) is 7.92. The summed E-state index contributed by atoms with van der Waals surface area (Å²) in [7, 11) is 1.83. The molecule has 0 aliphatic carbocycles. The van der Waals surface area contributed by atoms with Crippen LogP contribution in [0.1, 0.15) is 37.7 Å². The Labute approximate surface area is 103 Å². The molecule has 2 rings (SSSR count). The van der Waals surface area contributed by atoms with Crippen LogP contribution in [0.15, 0.2) is 12.3 Å². The topological polar surface area (TPSA) is 38.1 Å². The summed E-state index contributed by atoms with van der Waals surface area (Å²) in [5, 5.41) is 4.17. The lowest BCUT2D eigenvalue weighted by atomic mass is 9.78. The van der Waals surface area contributed by atoms with Gasteiger partial charge in [-0.25, -0.2) is 0 Å². The molecule has 1 aromatic heterocycles. The zero-order chi connectivity index (χ0) is 12.6. The predicted molar refractivity (Wildman–Crippen MR) is 66.7 cm³/mol. The molecule has 1 fully saturated rings. The molecule has 0 spiro atoms. The summed E-state index contributed by atoms with van der Waals surface area (Å²) in [6, 6.07) is 1.79. The average Bonchev–Trinajstić information content (AvgIpc) is 2.85. The maximum absolute atomic E-state index is 12.2. The Hall–Kier alpha value is -1.32. The van der Waals surface area contributed by atoms with Gasteiger partial charge < -0.3 is 4.90 Å². The quantitative estimate of drug-likeness (QED) is 0.785. The molecule has 94 valence electrons. The average molecular weight is 235 g/mol. The molecule has 0 radical (unpaired) electrons. The van der Waals surface area contributed by atoms with Crippen molar-refractivity contribution in [2.45, 2.75) is 27.2 Å². The number of hydrogen-bond acceptors (Lipinski definition) is 2. The van der Waals surface area contributed by atoms with Crippen LogP contribution in [-0.2, 0) is 7.05 Å². The molecule has 1 aromatic rings. The first-order valence-corrected chi connectivity index (χ1v) is 6.21. The van der Waals surface area contributed by atoms with E-state index in [4.69, 9.17) is 0 Å². The highest BCUT2D eigenvalue weighted by Crippen LogP contribution is 2.37. The summed E-state index contributed by atoms with van der Waals surface area (Å²) in [5.41, 5.74) is 0.810. The lowest BCUT2D eigenvalue weighted by molar-refractivity contribution is 0.0757. The molecule has 1 aliphatic rings. The van der Waals surface area contributed by atoms with Crippen LogP contribution in [0.25, 0.3) is 0 Å². The Bertz CT molecular complexity index is 424. The Balaban J connectivity index is 2.09. The summed E-state index contributed by atoms with van der Waals surface area (Å²) in [5.74, 6) is 0.666. The summed E-state index contributed by atoms with van der Waals surface area (Å²) in [4.78, 5) is 14.2. The SMILES string of the molecule is CC(C)[C@@]1(C)CCN(C(=O)c2ccn(C)n2)C1. The fourth-order valence-electron chi connectivity index (χ4n) is 2.32. The third-order valence-corrected chi connectivity index (χ3v) is 4.12. The van der Waals surface area contributed by atoms with Gasteiger partial charge in [0, 0.05) is 26.3 Å². The fraction of sp³-hybridized carbons (Fsp3) is 0.692. The molecule has 4 heteroatoms. The third-order valence-electron chi connectivity index (χ3n) is 4.12. The fourth-order valence-corrected chi connectivity index (χ4v) is 2.32. The van der Waals surface area contributed by atoms with Crippen LogP contribution in [0.3, 0.4) is 0 Å². The molecule has 0 aromatic carbocycles. The highest BCUT2D eigenvalue weighted by Gasteiger charge is 2.38. The number of amides is 1. The Morgan fingerprint density at radius 3 is 2.71 bits per heavy atom. The zero-order valence-corrected chi connectivity index (χ0v) is 11.1. The highest BCUT2D eigenvalue weighted by atomic mass is 16.2. The van der Waals surface area contributed by atoms with Crippen molar-refractivity contribution in [3.8, 4) is 0 Å². The first kappa shape index (κ1) is 12.1. The molecule has 0 bridgehead atoms. The second-order valence-electron chi connectivity index (χ2n) is 5.66. The minimum absolute atomic E-state index is 0.0648. The van der Waals surface area contributed by atoms with Crippen LogP contribution < -0.4 is 0 Å². The number of hydrogen-bond donors (Lipinski definition) is 0. The lowest BCUT2D eigenvalue weighted by Gasteiger charge is -2.28. The van der Waals surface area contributed by atoms with Crippen molar-refractivity contribution in [2.75, 3.05) is 13.1 Å². The number of likely N-dealkylation sites (tertiary alicyclic amines) is 1. The van der Waals surface area contributed by atoms with Crippen LogP contribution in [0.5, 0.6) is 0 Å². The van der Waals surface area contributed by atoms with E-state index in [0.29, 0.717) is 11.6 Å². The lowest BCUT2D eigenvalue weighted by Crippen LogP contribution is -2.33. The van der Waals surface area contributed by atoms with E-state index in [0.717, 1.165) is 19.5 Å². The van der Waals surface area contributed by atoms with Crippen molar-refractivity contribution in [3.63, 3.8) is 0 Å². The van der Waals surface area contributed by atoms with Crippen LogP contribution in [0, 0.1) is 11.3 Å². The normalized spacial score (nSPS) is 24.6. The van der Waals surface area contributed by atoms with Crippen molar-refractivity contribution in [2.24, 2.45) is 18.4 Å². The number of aromatic nitrogens is 2. The largest absolute Gasteiger partial charge is 0.337 e. The van der Waals surface area contributed by atoms with Gasteiger partial charge in [-0.1, -0.05) is 20.8 Å². The van der Waals surface area contributed by atoms with Crippen LogP contribution in [-0.4, -0.2) is 33.7 Å². The van der Waals surface area contributed by atoms with Gasteiger partial charge in [-0.15, -0.1) is 0 Å². The highest BCUT2D eigenvalue weighted by molar-refractivity contribution is 5.92. The van der Waals surface area contributed by atoms with E-state index in [1.807, 2.05) is 18.1 Å². The van der Waals surface area contributed by atoms with E-state index in [1.54, 1.807) is 10.7 Å². The Kier molecular flexibility index (Phi) is 2.98. The van der Waals surface area contributed by atoms with E-state index < -0.39 is 0 Å². The standard InChI is InChI=1S/C13H21N3O/c1-10(2)13(3)6-8-16(9-13)12(17)11-5-7-15(4)14-11/h5,7,10H,6,8-9H2,1-4H3/t13-/m0/s1. The number of aryl methyl sites for hydroxylation is 1. The number of carbonyl (C=O) groups excluding carboxylic acids is 1. The van der Waals surface area contributed by atoms with Gasteiger partial charge in [-0.2, -0.15) is 5.10 Å². The molecule has 1 saturated heterocycles. The summed E-state index contributed by atoms with van der Waals surface area (Å²) in [6.45, 7) is 8.43. The van der Waals surface area contributed by atoms with E-state index in [-0.39, 0.29) is 11.3 Å². The summed E-state index contributed by atoms with van der Waals surface area (Å²) >= 11 is 0. The Morgan fingerprint density at radius 1 is 1.53 bits per heavy atom. The minimum Gasteiger partial charge on any atom is -0.337 e. The van der Waals surface area contributed by atoms with Crippen molar-refractivity contribution in [1.29, 1.82) is 0 Å². The van der Waals surface area contributed by atoms with Crippen LogP contribution in [0.2, 0.25) is 0 Å². The zero-order valence-electron chi connectivity index (χ0n) is 11.1. The van der Waals surface area contributed by atoms with E-state index >= 15 is 0 Å². The van der Waals surface area contributed by atoms with E-state index in [1.165, 1.54) is 0 Å². The van der Waals surface area contributed by atoms with E-state index in [2.05, 4.69) is 25.9 Å².